The highest BCUT2D eigenvalue weighted by atomic mass is 16.5. The molecule has 0 saturated heterocycles. The smallest absolute Gasteiger partial charge is 0.322 e. The van der Waals surface area contributed by atoms with Crippen LogP contribution < -0.4 is 5.32 Å². The second-order valence-electron chi connectivity index (χ2n) is 5.74. The number of methoxy groups -OCH3 is 1. The van der Waals surface area contributed by atoms with E-state index in [0.717, 1.165) is 38.5 Å². The van der Waals surface area contributed by atoms with Gasteiger partial charge in [-0.3, -0.25) is 4.79 Å². The first-order chi connectivity index (χ1) is 9.72. The minimum absolute atomic E-state index is 0.127. The molecule has 1 N–H and O–H groups in total. The van der Waals surface area contributed by atoms with Crippen molar-refractivity contribution in [3.05, 3.63) is 0 Å². The van der Waals surface area contributed by atoms with Crippen molar-refractivity contribution in [1.29, 1.82) is 0 Å². The molecule has 1 atom stereocenters. The lowest BCUT2D eigenvalue weighted by Gasteiger charge is -2.34. The van der Waals surface area contributed by atoms with Crippen LogP contribution >= 0.6 is 0 Å². The Bertz CT molecular complexity index is 265. The third-order valence-corrected chi connectivity index (χ3v) is 4.33. The maximum atomic E-state index is 11.8. The summed E-state index contributed by atoms with van der Waals surface area (Å²) in [4.78, 5) is 14.3. The lowest BCUT2D eigenvalue weighted by Crippen LogP contribution is -2.43. The summed E-state index contributed by atoms with van der Waals surface area (Å²) in [6, 6.07) is 0.566. The van der Waals surface area contributed by atoms with Crippen molar-refractivity contribution in [2.45, 2.75) is 70.9 Å². The van der Waals surface area contributed by atoms with Crippen molar-refractivity contribution >= 4 is 5.97 Å². The number of hydrogen-bond acceptors (Lipinski definition) is 4. The Morgan fingerprint density at radius 2 is 2.00 bits per heavy atom. The maximum absolute atomic E-state index is 11.8. The first-order valence-corrected chi connectivity index (χ1v) is 8.28. The fraction of sp³-hybridized carbons (Fsp3) is 0.938. The quantitative estimate of drug-likeness (QED) is 0.661. The van der Waals surface area contributed by atoms with E-state index in [1.54, 1.807) is 0 Å². The highest BCUT2D eigenvalue weighted by Gasteiger charge is 2.23. The third kappa shape index (κ3) is 5.80. The topological polar surface area (TPSA) is 41.6 Å². The first kappa shape index (κ1) is 17.4. The van der Waals surface area contributed by atoms with Gasteiger partial charge in [0.15, 0.2) is 0 Å². The van der Waals surface area contributed by atoms with Gasteiger partial charge >= 0.3 is 5.97 Å². The molecule has 1 aliphatic rings. The Labute approximate surface area is 124 Å². The molecule has 0 heterocycles. The van der Waals surface area contributed by atoms with E-state index in [4.69, 9.17) is 4.74 Å². The third-order valence-electron chi connectivity index (χ3n) is 4.33. The maximum Gasteiger partial charge on any atom is 0.322 e. The zero-order valence-corrected chi connectivity index (χ0v) is 13.5. The SMILES string of the molecule is CCCNC(CCN(CC)C1CCCCC1)C(=O)OC. The van der Waals surface area contributed by atoms with E-state index in [0.29, 0.717) is 0 Å². The molecule has 20 heavy (non-hydrogen) atoms. The van der Waals surface area contributed by atoms with Crippen LogP contribution in [0.15, 0.2) is 0 Å². The van der Waals surface area contributed by atoms with Gasteiger partial charge in [0.05, 0.1) is 7.11 Å². The van der Waals surface area contributed by atoms with E-state index in [2.05, 4.69) is 24.1 Å². The van der Waals surface area contributed by atoms with E-state index >= 15 is 0 Å². The number of carbonyl (C=O) groups excluding carboxylic acids is 1. The van der Waals surface area contributed by atoms with Crippen LogP contribution in [0.1, 0.15) is 58.8 Å². The summed E-state index contributed by atoms with van der Waals surface area (Å²) in [5.41, 5.74) is 0. The Balaban J connectivity index is 2.43. The van der Waals surface area contributed by atoms with Crippen molar-refractivity contribution < 1.29 is 9.53 Å². The van der Waals surface area contributed by atoms with Crippen LogP contribution in [-0.2, 0) is 9.53 Å². The van der Waals surface area contributed by atoms with Crippen LogP contribution in [0.3, 0.4) is 0 Å². The number of carbonyl (C=O) groups is 1. The number of hydrogen-bond donors (Lipinski definition) is 1. The van der Waals surface area contributed by atoms with Gasteiger partial charge in [-0.25, -0.2) is 0 Å². The van der Waals surface area contributed by atoms with Gasteiger partial charge in [0.25, 0.3) is 0 Å². The molecule has 0 amide bonds. The Hall–Kier alpha value is -0.610. The number of esters is 1. The Kier molecular flexibility index (Phi) is 8.86. The molecule has 1 rings (SSSR count). The summed E-state index contributed by atoms with van der Waals surface area (Å²) in [5.74, 6) is -0.127. The average Bonchev–Trinajstić information content (AvgIpc) is 2.51. The summed E-state index contributed by atoms with van der Waals surface area (Å²) in [6.45, 7) is 7.27. The molecule has 1 fully saturated rings. The zero-order valence-electron chi connectivity index (χ0n) is 13.5. The molecule has 118 valence electrons. The van der Waals surface area contributed by atoms with Gasteiger partial charge in [0.2, 0.25) is 0 Å². The normalized spacial score (nSPS) is 18.2. The molecule has 0 aromatic carbocycles. The lowest BCUT2D eigenvalue weighted by molar-refractivity contribution is -0.143. The fourth-order valence-corrected chi connectivity index (χ4v) is 3.10. The van der Waals surface area contributed by atoms with Gasteiger partial charge in [0, 0.05) is 12.6 Å². The summed E-state index contributed by atoms with van der Waals surface area (Å²) in [5, 5.41) is 3.30. The van der Waals surface area contributed by atoms with Crippen LogP contribution in [0.25, 0.3) is 0 Å². The molecule has 4 heteroatoms. The van der Waals surface area contributed by atoms with Gasteiger partial charge in [-0.05, 0) is 38.8 Å². The molecule has 0 aliphatic heterocycles. The minimum atomic E-state index is -0.155. The second-order valence-corrected chi connectivity index (χ2v) is 5.74. The predicted molar refractivity (Wildman–Crippen MR) is 82.8 cm³/mol. The van der Waals surface area contributed by atoms with E-state index in [1.807, 2.05) is 0 Å². The van der Waals surface area contributed by atoms with Gasteiger partial charge < -0.3 is 15.0 Å². The van der Waals surface area contributed by atoms with Gasteiger partial charge in [0.1, 0.15) is 6.04 Å². The standard InChI is InChI=1S/C16H32N2O2/c1-4-12-17-15(16(19)20-3)11-13-18(5-2)14-9-7-6-8-10-14/h14-15,17H,4-13H2,1-3H3. The molecule has 0 aromatic heterocycles. The minimum Gasteiger partial charge on any atom is -0.468 e. The summed E-state index contributed by atoms with van der Waals surface area (Å²) in [7, 11) is 1.47. The molecular formula is C16H32N2O2. The van der Waals surface area contributed by atoms with E-state index in [9.17, 15) is 4.79 Å². The first-order valence-electron chi connectivity index (χ1n) is 8.28. The zero-order chi connectivity index (χ0) is 14.8. The van der Waals surface area contributed by atoms with Crippen LogP contribution in [0.5, 0.6) is 0 Å². The van der Waals surface area contributed by atoms with Crippen LogP contribution in [0, 0.1) is 0 Å². The molecule has 0 aromatic rings. The van der Waals surface area contributed by atoms with Crippen LogP contribution in [0.2, 0.25) is 0 Å². The molecule has 0 spiro atoms. The number of ether oxygens (including phenoxy) is 1. The summed E-state index contributed by atoms with van der Waals surface area (Å²) in [6.07, 6.45) is 8.62. The Morgan fingerprint density at radius 1 is 1.30 bits per heavy atom. The van der Waals surface area contributed by atoms with E-state index in [1.165, 1.54) is 39.2 Å². The number of nitrogens with zero attached hydrogens (tertiary/aromatic N) is 1. The molecule has 1 aliphatic carbocycles. The number of nitrogens with one attached hydrogen (secondary N) is 1. The second kappa shape index (κ2) is 10.2. The lowest BCUT2D eigenvalue weighted by atomic mass is 9.94. The summed E-state index contributed by atoms with van der Waals surface area (Å²) >= 11 is 0. The fourth-order valence-electron chi connectivity index (χ4n) is 3.10. The Morgan fingerprint density at radius 3 is 2.55 bits per heavy atom. The molecular weight excluding hydrogens is 252 g/mol. The number of rotatable bonds is 9. The van der Waals surface area contributed by atoms with Crippen molar-refractivity contribution in [3.8, 4) is 0 Å². The molecule has 1 unspecified atom stereocenters. The van der Waals surface area contributed by atoms with Crippen molar-refractivity contribution in [2.75, 3.05) is 26.7 Å². The average molecular weight is 284 g/mol. The summed E-state index contributed by atoms with van der Waals surface area (Å²) < 4.78 is 4.90. The predicted octanol–water partition coefficient (Wildman–Crippen LogP) is 2.57. The van der Waals surface area contributed by atoms with Crippen molar-refractivity contribution in [2.24, 2.45) is 0 Å². The van der Waals surface area contributed by atoms with E-state index in [-0.39, 0.29) is 12.0 Å². The molecule has 1 saturated carbocycles. The van der Waals surface area contributed by atoms with Crippen molar-refractivity contribution in [3.63, 3.8) is 0 Å². The van der Waals surface area contributed by atoms with Crippen LogP contribution in [0.4, 0.5) is 0 Å². The van der Waals surface area contributed by atoms with Gasteiger partial charge in [-0.1, -0.05) is 33.1 Å². The van der Waals surface area contributed by atoms with Gasteiger partial charge in [-0.2, -0.15) is 0 Å². The van der Waals surface area contributed by atoms with E-state index < -0.39 is 0 Å². The molecule has 4 nitrogen and oxygen atoms in total. The highest BCUT2D eigenvalue weighted by Crippen LogP contribution is 2.22. The highest BCUT2D eigenvalue weighted by molar-refractivity contribution is 5.75. The van der Waals surface area contributed by atoms with Crippen molar-refractivity contribution in [1.82, 2.24) is 10.2 Å². The molecule has 0 bridgehead atoms. The van der Waals surface area contributed by atoms with Crippen LogP contribution in [-0.4, -0.2) is 49.7 Å². The molecule has 0 radical (unpaired) electrons. The largest absolute Gasteiger partial charge is 0.468 e. The monoisotopic (exact) mass is 284 g/mol. The van der Waals surface area contributed by atoms with Gasteiger partial charge in [-0.15, -0.1) is 0 Å².